The highest BCUT2D eigenvalue weighted by Gasteiger charge is 2.38. The number of halogens is 1. The summed E-state index contributed by atoms with van der Waals surface area (Å²) in [4.78, 5) is 40.6. The molecule has 0 aliphatic rings. The Morgan fingerprint density at radius 3 is 2.38 bits per heavy atom. The average molecular weight is 522 g/mol. The first kappa shape index (κ1) is 25.6. The Morgan fingerprint density at radius 1 is 1.08 bits per heavy atom. The standard InChI is InChI=1S/C26H24FN5O4S/c1-14-5-3-4-6-18(14)32(26(35)23-20(28)21(24(29)33)31-37-23)22(19-12-7-15(2)36-19)25(34)30-13-16-8-10-17(27)11-9-16/h3-12,22H,13,28H2,1-2H3,(H2,29,33)(H,30,34)/t22-/m1/s1. The number of nitrogens with zero attached hydrogens (tertiary/aromatic N) is 2. The highest BCUT2D eigenvalue weighted by atomic mass is 32.1. The highest BCUT2D eigenvalue weighted by molar-refractivity contribution is 7.09. The molecule has 0 fully saturated rings. The highest BCUT2D eigenvalue weighted by Crippen LogP contribution is 2.35. The maximum absolute atomic E-state index is 14.0. The number of furan rings is 1. The molecule has 2 heterocycles. The van der Waals surface area contributed by atoms with Crippen LogP contribution < -0.4 is 21.7 Å². The molecular weight excluding hydrogens is 497 g/mol. The van der Waals surface area contributed by atoms with Crippen LogP contribution in [0.5, 0.6) is 0 Å². The van der Waals surface area contributed by atoms with Crippen molar-refractivity contribution in [3.63, 3.8) is 0 Å². The predicted molar refractivity (Wildman–Crippen MR) is 137 cm³/mol. The Bertz CT molecular complexity index is 1460. The summed E-state index contributed by atoms with van der Waals surface area (Å²) in [5, 5.41) is 2.81. The van der Waals surface area contributed by atoms with Crippen molar-refractivity contribution in [2.24, 2.45) is 5.73 Å². The molecule has 0 spiro atoms. The van der Waals surface area contributed by atoms with Crippen LogP contribution in [0.25, 0.3) is 0 Å². The number of carbonyl (C=O) groups excluding carboxylic acids is 3. The maximum Gasteiger partial charge on any atom is 0.273 e. The lowest BCUT2D eigenvalue weighted by atomic mass is 10.1. The van der Waals surface area contributed by atoms with E-state index in [-0.39, 0.29) is 28.6 Å². The van der Waals surface area contributed by atoms with Crippen LogP contribution in [0.2, 0.25) is 0 Å². The number of rotatable bonds is 8. The molecule has 0 bridgehead atoms. The molecule has 3 amide bonds. The van der Waals surface area contributed by atoms with Gasteiger partial charge in [-0.1, -0.05) is 30.3 Å². The van der Waals surface area contributed by atoms with E-state index < -0.39 is 29.6 Å². The number of aryl methyl sites for hydroxylation is 2. The van der Waals surface area contributed by atoms with Crippen LogP contribution in [0.4, 0.5) is 15.8 Å². The van der Waals surface area contributed by atoms with Crippen LogP contribution >= 0.6 is 11.5 Å². The lowest BCUT2D eigenvalue weighted by Crippen LogP contribution is -2.44. The lowest BCUT2D eigenvalue weighted by Gasteiger charge is -2.30. The first-order valence-electron chi connectivity index (χ1n) is 11.2. The van der Waals surface area contributed by atoms with Gasteiger partial charge in [0.15, 0.2) is 11.7 Å². The Morgan fingerprint density at radius 2 is 1.78 bits per heavy atom. The summed E-state index contributed by atoms with van der Waals surface area (Å²) in [5.74, 6) is -1.72. The number of nitrogens with one attached hydrogen (secondary N) is 1. The number of primary amides is 1. The molecular formula is C26H24FN5O4S. The summed E-state index contributed by atoms with van der Waals surface area (Å²) in [7, 11) is 0. The number of anilines is 2. The van der Waals surface area contributed by atoms with Gasteiger partial charge < -0.3 is 21.2 Å². The minimum absolute atomic E-state index is 0.0448. The molecule has 4 aromatic rings. The summed E-state index contributed by atoms with van der Waals surface area (Å²) in [6.45, 7) is 3.60. The quantitative estimate of drug-likeness (QED) is 0.321. The van der Waals surface area contributed by atoms with Gasteiger partial charge in [-0.25, -0.2) is 4.39 Å². The number of carbonyl (C=O) groups is 3. The molecule has 0 saturated heterocycles. The first-order valence-corrected chi connectivity index (χ1v) is 12.0. The van der Waals surface area contributed by atoms with E-state index in [1.807, 2.05) is 0 Å². The first-order chi connectivity index (χ1) is 17.7. The molecule has 4 rings (SSSR count). The molecule has 0 radical (unpaired) electrons. The zero-order chi connectivity index (χ0) is 26.7. The molecule has 11 heteroatoms. The van der Waals surface area contributed by atoms with E-state index in [2.05, 4.69) is 9.69 Å². The monoisotopic (exact) mass is 521 g/mol. The minimum atomic E-state index is -1.25. The van der Waals surface area contributed by atoms with E-state index in [4.69, 9.17) is 15.9 Å². The van der Waals surface area contributed by atoms with Gasteiger partial charge in [-0.15, -0.1) is 0 Å². The van der Waals surface area contributed by atoms with Gasteiger partial charge in [-0.3, -0.25) is 19.3 Å². The number of hydrogen-bond acceptors (Lipinski definition) is 7. The fraction of sp³-hybridized carbons (Fsp3) is 0.154. The number of benzene rings is 2. The molecule has 5 N–H and O–H groups in total. The lowest BCUT2D eigenvalue weighted by molar-refractivity contribution is -0.123. The van der Waals surface area contributed by atoms with Gasteiger partial charge in [0.05, 0.1) is 5.69 Å². The molecule has 2 aromatic carbocycles. The molecule has 190 valence electrons. The van der Waals surface area contributed by atoms with Gasteiger partial charge in [0.25, 0.3) is 17.7 Å². The number of amides is 3. The van der Waals surface area contributed by atoms with Crippen molar-refractivity contribution in [1.82, 2.24) is 9.69 Å². The molecule has 0 aliphatic carbocycles. The molecule has 0 saturated carbocycles. The largest absolute Gasteiger partial charge is 0.464 e. The zero-order valence-electron chi connectivity index (χ0n) is 20.0. The third-order valence-electron chi connectivity index (χ3n) is 5.67. The fourth-order valence-electron chi connectivity index (χ4n) is 3.80. The van der Waals surface area contributed by atoms with Crippen molar-refractivity contribution in [2.75, 3.05) is 10.6 Å². The summed E-state index contributed by atoms with van der Waals surface area (Å²) >= 11 is 0.718. The predicted octanol–water partition coefficient (Wildman–Crippen LogP) is 3.88. The van der Waals surface area contributed by atoms with Crippen LogP contribution in [0.1, 0.15) is 48.8 Å². The number of aromatic nitrogens is 1. The van der Waals surface area contributed by atoms with Crippen molar-refractivity contribution in [3.05, 3.63) is 99.7 Å². The van der Waals surface area contributed by atoms with E-state index in [1.54, 1.807) is 62.4 Å². The van der Waals surface area contributed by atoms with Crippen LogP contribution in [-0.2, 0) is 11.3 Å². The van der Waals surface area contributed by atoms with Crippen LogP contribution in [-0.4, -0.2) is 22.1 Å². The van der Waals surface area contributed by atoms with Crippen LogP contribution in [0.3, 0.4) is 0 Å². The van der Waals surface area contributed by atoms with E-state index >= 15 is 0 Å². The molecule has 37 heavy (non-hydrogen) atoms. The number of nitrogens with two attached hydrogens (primary N) is 2. The Kier molecular flexibility index (Phi) is 7.35. The summed E-state index contributed by atoms with van der Waals surface area (Å²) in [5.41, 5.74) is 12.8. The normalized spacial score (nSPS) is 11.6. The third-order valence-corrected chi connectivity index (χ3v) is 6.52. The second-order valence-corrected chi connectivity index (χ2v) is 9.07. The summed E-state index contributed by atoms with van der Waals surface area (Å²) < 4.78 is 23.1. The van der Waals surface area contributed by atoms with E-state index in [9.17, 15) is 18.8 Å². The molecule has 0 aliphatic heterocycles. The van der Waals surface area contributed by atoms with Gasteiger partial charge in [0, 0.05) is 12.2 Å². The molecule has 9 nitrogen and oxygen atoms in total. The van der Waals surface area contributed by atoms with E-state index in [1.165, 1.54) is 17.0 Å². The Hall–Kier alpha value is -4.51. The van der Waals surface area contributed by atoms with Crippen LogP contribution in [0.15, 0.2) is 65.1 Å². The number of hydrogen-bond donors (Lipinski definition) is 3. The summed E-state index contributed by atoms with van der Waals surface area (Å²) in [6.07, 6.45) is 0. The SMILES string of the molecule is Cc1ccc([C@H](C(=O)NCc2ccc(F)cc2)N(C(=O)c2snc(C(N)=O)c2N)c2ccccc2C)o1. The molecule has 0 unspecified atom stereocenters. The average Bonchev–Trinajstić information content (AvgIpc) is 3.47. The minimum Gasteiger partial charge on any atom is -0.464 e. The molecule has 1 atom stereocenters. The van der Waals surface area contributed by atoms with Gasteiger partial charge >= 0.3 is 0 Å². The van der Waals surface area contributed by atoms with Crippen molar-refractivity contribution in [3.8, 4) is 0 Å². The zero-order valence-corrected chi connectivity index (χ0v) is 20.8. The maximum atomic E-state index is 14.0. The third kappa shape index (κ3) is 5.36. The van der Waals surface area contributed by atoms with Crippen molar-refractivity contribution < 1.29 is 23.2 Å². The van der Waals surface area contributed by atoms with Crippen molar-refractivity contribution in [2.45, 2.75) is 26.4 Å². The van der Waals surface area contributed by atoms with Gasteiger partial charge in [-0.2, -0.15) is 4.37 Å². The smallest absolute Gasteiger partial charge is 0.273 e. The fourth-order valence-corrected chi connectivity index (χ4v) is 4.54. The Balaban J connectivity index is 1.80. The second kappa shape index (κ2) is 10.6. The topological polar surface area (TPSA) is 145 Å². The molecule has 2 aromatic heterocycles. The van der Waals surface area contributed by atoms with Crippen LogP contribution in [0, 0.1) is 19.7 Å². The second-order valence-electron chi connectivity index (χ2n) is 8.30. The summed E-state index contributed by atoms with van der Waals surface area (Å²) in [6, 6.07) is 14.7. The van der Waals surface area contributed by atoms with E-state index in [0.29, 0.717) is 22.6 Å². The van der Waals surface area contributed by atoms with Gasteiger partial charge in [-0.05, 0) is 66.8 Å². The van der Waals surface area contributed by atoms with Gasteiger partial charge in [0.2, 0.25) is 0 Å². The number of para-hydroxylation sites is 1. The van der Waals surface area contributed by atoms with E-state index in [0.717, 1.165) is 11.5 Å². The van der Waals surface area contributed by atoms with Crippen molar-refractivity contribution >= 4 is 40.6 Å². The van der Waals surface area contributed by atoms with Crippen molar-refractivity contribution in [1.29, 1.82) is 0 Å². The number of nitrogen functional groups attached to an aromatic ring is 1. The Labute approximate surface area is 216 Å². The van der Waals surface area contributed by atoms with Gasteiger partial charge in [0.1, 0.15) is 22.2 Å².